The molecule has 27 heavy (non-hydrogen) atoms. The lowest BCUT2D eigenvalue weighted by Crippen LogP contribution is -2.14. The van der Waals surface area contributed by atoms with Crippen molar-refractivity contribution in [3.63, 3.8) is 0 Å². The van der Waals surface area contributed by atoms with E-state index in [1.807, 2.05) is 58.0 Å². The van der Waals surface area contributed by atoms with Crippen LogP contribution < -0.4 is 9.47 Å². The summed E-state index contributed by atoms with van der Waals surface area (Å²) in [6.45, 7) is 12.7. The van der Waals surface area contributed by atoms with Gasteiger partial charge in [-0.2, -0.15) is 0 Å². The Bertz CT molecular complexity index is 840. The van der Waals surface area contributed by atoms with Gasteiger partial charge in [0.05, 0.1) is 24.8 Å². The molecule has 0 aliphatic heterocycles. The number of aryl methyl sites for hydroxylation is 1. The van der Waals surface area contributed by atoms with E-state index in [9.17, 15) is 4.79 Å². The van der Waals surface area contributed by atoms with Crippen LogP contribution in [0.15, 0.2) is 48.0 Å². The quantitative estimate of drug-likeness (QED) is 0.426. The van der Waals surface area contributed by atoms with Crippen LogP contribution in [0.2, 0.25) is 0 Å². The number of nitrogens with zero attached hydrogens (tertiary/aromatic N) is 1. The third kappa shape index (κ3) is 5.30. The van der Waals surface area contributed by atoms with E-state index in [0.29, 0.717) is 24.5 Å². The summed E-state index contributed by atoms with van der Waals surface area (Å²) in [6.07, 6.45) is 3.37. The fourth-order valence-corrected chi connectivity index (χ4v) is 2.72. The van der Waals surface area contributed by atoms with E-state index in [2.05, 4.69) is 11.6 Å². The Kier molecular flexibility index (Phi) is 7.35. The van der Waals surface area contributed by atoms with Crippen molar-refractivity contribution in [2.45, 2.75) is 27.7 Å². The zero-order chi connectivity index (χ0) is 19.8. The van der Waals surface area contributed by atoms with Crippen molar-refractivity contribution in [2.75, 3.05) is 13.2 Å². The molecule has 2 aromatic rings. The second-order valence-corrected chi connectivity index (χ2v) is 6.20. The molecule has 4 heteroatoms. The van der Waals surface area contributed by atoms with Crippen LogP contribution in [0.25, 0.3) is 6.08 Å². The molecule has 0 N–H and O–H groups in total. The average molecular weight is 365 g/mol. The van der Waals surface area contributed by atoms with Crippen molar-refractivity contribution in [3.8, 4) is 11.5 Å². The Balaban J connectivity index is 2.21. The molecule has 2 aromatic carbocycles. The van der Waals surface area contributed by atoms with E-state index < -0.39 is 0 Å². The Morgan fingerprint density at radius 3 is 2.33 bits per heavy atom. The van der Waals surface area contributed by atoms with Gasteiger partial charge in [-0.3, -0.25) is 9.79 Å². The number of carbonyl (C=O) groups is 1. The normalized spacial score (nSPS) is 12.0. The summed E-state index contributed by atoms with van der Waals surface area (Å²) < 4.78 is 11.0. The molecule has 2 rings (SSSR count). The summed E-state index contributed by atoms with van der Waals surface area (Å²) in [5.74, 6) is 1.12. The highest BCUT2D eigenvalue weighted by Gasteiger charge is 2.17. The van der Waals surface area contributed by atoms with Crippen LogP contribution in [0.3, 0.4) is 0 Å². The van der Waals surface area contributed by atoms with E-state index in [1.54, 1.807) is 18.4 Å². The molecule has 0 saturated carbocycles. The number of rotatable bonds is 9. The molecule has 4 nitrogen and oxygen atoms in total. The number of Topliss-reactive ketones (excluding diaryl/α,β-unsaturated/α-hetero) is 1. The van der Waals surface area contributed by atoms with Gasteiger partial charge < -0.3 is 9.47 Å². The van der Waals surface area contributed by atoms with Crippen LogP contribution in [-0.4, -0.2) is 25.2 Å². The largest absolute Gasteiger partial charge is 0.494 e. The van der Waals surface area contributed by atoms with E-state index in [0.717, 1.165) is 22.6 Å². The maximum Gasteiger partial charge on any atom is 0.171 e. The Morgan fingerprint density at radius 2 is 1.74 bits per heavy atom. The third-order valence-corrected chi connectivity index (χ3v) is 4.15. The number of aliphatic imine (C=N–C) groups is 1. The summed E-state index contributed by atoms with van der Waals surface area (Å²) in [5.41, 5.74) is 3.21. The molecule has 0 amide bonds. The zero-order valence-electron chi connectivity index (χ0n) is 16.5. The van der Waals surface area contributed by atoms with Gasteiger partial charge in [0.1, 0.15) is 11.5 Å². The number of carbonyl (C=O) groups excluding carboxylic acids is 1. The summed E-state index contributed by atoms with van der Waals surface area (Å²) in [7, 11) is 0. The average Bonchev–Trinajstić information content (AvgIpc) is 2.67. The van der Waals surface area contributed by atoms with Gasteiger partial charge in [-0.05, 0) is 62.2 Å². The van der Waals surface area contributed by atoms with Gasteiger partial charge >= 0.3 is 0 Å². The zero-order valence-corrected chi connectivity index (χ0v) is 16.5. The van der Waals surface area contributed by atoms with Crippen molar-refractivity contribution < 1.29 is 14.3 Å². The van der Waals surface area contributed by atoms with Gasteiger partial charge in [0, 0.05) is 11.8 Å². The molecule has 0 radical (unpaired) electrons. The first kappa shape index (κ1) is 20.4. The first-order valence-corrected chi connectivity index (χ1v) is 9.21. The van der Waals surface area contributed by atoms with Gasteiger partial charge in [0.2, 0.25) is 0 Å². The van der Waals surface area contributed by atoms with Crippen molar-refractivity contribution in [1.82, 2.24) is 0 Å². The highest BCUT2D eigenvalue weighted by atomic mass is 16.5. The van der Waals surface area contributed by atoms with Gasteiger partial charge in [-0.25, -0.2) is 0 Å². The van der Waals surface area contributed by atoms with Gasteiger partial charge in [-0.1, -0.05) is 25.6 Å². The van der Waals surface area contributed by atoms with E-state index in [1.165, 1.54) is 0 Å². The molecule has 142 valence electrons. The predicted octanol–water partition coefficient (Wildman–Crippen LogP) is 5.66. The maximum atomic E-state index is 12.9. The minimum Gasteiger partial charge on any atom is -0.494 e. The van der Waals surface area contributed by atoms with Crippen molar-refractivity contribution in [2.24, 2.45) is 10.9 Å². The lowest BCUT2D eigenvalue weighted by molar-refractivity contribution is 0.0963. The first-order chi connectivity index (χ1) is 13.0. The maximum absolute atomic E-state index is 12.9. The molecule has 0 aliphatic rings. The number of hydrogen-bond donors (Lipinski definition) is 0. The Morgan fingerprint density at radius 1 is 1.11 bits per heavy atom. The van der Waals surface area contributed by atoms with Crippen molar-refractivity contribution in [3.05, 3.63) is 59.7 Å². The molecule has 1 atom stereocenters. The molecule has 0 bridgehead atoms. The lowest BCUT2D eigenvalue weighted by atomic mass is 9.95. The Hall–Kier alpha value is -2.88. The van der Waals surface area contributed by atoms with E-state index >= 15 is 0 Å². The number of hydrogen-bond acceptors (Lipinski definition) is 4. The summed E-state index contributed by atoms with van der Waals surface area (Å²) in [4.78, 5) is 17.4. The molecule has 0 saturated heterocycles. The van der Waals surface area contributed by atoms with Crippen LogP contribution in [0.1, 0.15) is 42.3 Å². The third-order valence-electron chi connectivity index (χ3n) is 4.15. The van der Waals surface area contributed by atoms with Crippen LogP contribution in [0.4, 0.5) is 5.69 Å². The number of benzene rings is 2. The van der Waals surface area contributed by atoms with Crippen LogP contribution >= 0.6 is 0 Å². The molecule has 1 unspecified atom stereocenters. The van der Waals surface area contributed by atoms with Gasteiger partial charge in [-0.15, -0.1) is 0 Å². The second kappa shape index (κ2) is 9.72. The summed E-state index contributed by atoms with van der Waals surface area (Å²) in [6, 6.07) is 11.2. The van der Waals surface area contributed by atoms with E-state index in [4.69, 9.17) is 9.47 Å². The van der Waals surface area contributed by atoms with Crippen LogP contribution in [-0.2, 0) is 0 Å². The highest BCUT2D eigenvalue weighted by molar-refractivity contribution is 6.08. The van der Waals surface area contributed by atoms with Gasteiger partial charge in [0.25, 0.3) is 0 Å². The monoisotopic (exact) mass is 365 g/mol. The number of ketones is 1. The minimum absolute atomic E-state index is 0.0150. The van der Waals surface area contributed by atoms with E-state index in [-0.39, 0.29) is 11.7 Å². The summed E-state index contributed by atoms with van der Waals surface area (Å²) >= 11 is 0. The summed E-state index contributed by atoms with van der Waals surface area (Å²) in [5, 5.41) is 0. The smallest absolute Gasteiger partial charge is 0.171 e. The minimum atomic E-state index is -0.369. The molecule has 0 heterocycles. The fraction of sp³-hybridized carbons (Fsp3) is 0.304. The first-order valence-electron chi connectivity index (χ1n) is 9.21. The fourth-order valence-electron chi connectivity index (χ4n) is 2.72. The molecular weight excluding hydrogens is 338 g/mol. The van der Waals surface area contributed by atoms with Crippen molar-refractivity contribution >= 4 is 23.8 Å². The molecule has 0 aromatic heterocycles. The molecular formula is C23H27NO3. The topological polar surface area (TPSA) is 47.9 Å². The second-order valence-electron chi connectivity index (χ2n) is 6.20. The lowest BCUT2D eigenvalue weighted by Gasteiger charge is -2.11. The molecule has 0 aliphatic carbocycles. The molecule has 0 spiro atoms. The number of ether oxygens (including phenoxy) is 2. The van der Waals surface area contributed by atoms with Crippen LogP contribution in [0, 0.1) is 12.8 Å². The standard InChI is InChI=1S/C23H27NO3/c1-6-18-9-10-20(27-8-3)14-21(18)23(25)17(5)15-24-22-12-11-19(26-7-2)13-16(22)4/h6,9-15,17H,1,7-8H2,2-5H3. The van der Waals surface area contributed by atoms with Gasteiger partial charge in [0.15, 0.2) is 5.78 Å². The molecule has 0 fully saturated rings. The predicted molar refractivity (Wildman–Crippen MR) is 112 cm³/mol. The van der Waals surface area contributed by atoms with Crippen LogP contribution in [0.5, 0.6) is 11.5 Å². The SMILES string of the molecule is C=Cc1ccc(OCC)cc1C(=O)C(C)C=Nc1ccc(OCC)cc1C. The van der Waals surface area contributed by atoms with Crippen molar-refractivity contribution in [1.29, 1.82) is 0 Å². The highest BCUT2D eigenvalue weighted by Crippen LogP contribution is 2.25. The Labute approximate surface area is 161 Å².